The molecule has 9 heteroatoms. The summed E-state index contributed by atoms with van der Waals surface area (Å²) in [7, 11) is 0. The maximum atomic E-state index is 12.4. The Bertz CT molecular complexity index is 944. The Kier molecular flexibility index (Phi) is 5.29. The van der Waals surface area contributed by atoms with Crippen molar-refractivity contribution in [3.8, 4) is 11.4 Å². The number of aromatic nitrogens is 4. The van der Waals surface area contributed by atoms with Crippen molar-refractivity contribution < 1.29 is 13.6 Å². The molecule has 0 aliphatic rings. The number of carbonyl (C=O) groups is 1. The van der Waals surface area contributed by atoms with Crippen LogP contribution in [-0.4, -0.2) is 44.4 Å². The standard InChI is InChI=1S/C18H20F2N6O/c1-3-18(2,17(27)24-10-13(19)20)26-14-6-8-22-16(25-14)12-9-23-15-11(12)5-4-7-21-15/h4-9,13H,3,10H2,1-2H3,(H,21,23)(H,24,27)(H,22,25,26)/t18-/m1/s1. The number of halogens is 2. The highest BCUT2D eigenvalue weighted by atomic mass is 19.3. The minimum absolute atomic E-state index is 0.387. The fourth-order valence-electron chi connectivity index (χ4n) is 2.65. The molecule has 0 saturated heterocycles. The van der Waals surface area contributed by atoms with E-state index in [1.54, 1.807) is 38.5 Å². The molecule has 0 bridgehead atoms. The lowest BCUT2D eigenvalue weighted by molar-refractivity contribution is -0.125. The number of aromatic amines is 1. The Morgan fingerprint density at radius 2 is 2.11 bits per heavy atom. The van der Waals surface area contributed by atoms with Gasteiger partial charge in [-0.25, -0.2) is 23.7 Å². The summed E-state index contributed by atoms with van der Waals surface area (Å²) in [4.78, 5) is 28.4. The first-order valence-corrected chi connectivity index (χ1v) is 8.53. The van der Waals surface area contributed by atoms with Crippen LogP contribution in [0.2, 0.25) is 0 Å². The SMILES string of the molecule is CC[C@@](C)(Nc1ccnc(-c2c[nH]c3ncccc23)n1)C(=O)NCC(F)F. The lowest BCUT2D eigenvalue weighted by Gasteiger charge is -2.29. The Morgan fingerprint density at radius 3 is 2.85 bits per heavy atom. The number of hydrogen-bond donors (Lipinski definition) is 3. The van der Waals surface area contributed by atoms with Crippen molar-refractivity contribution in [1.29, 1.82) is 0 Å². The number of fused-ring (bicyclic) bond motifs is 1. The molecule has 3 heterocycles. The third-order valence-electron chi connectivity index (χ3n) is 4.38. The van der Waals surface area contributed by atoms with Crippen molar-refractivity contribution in [2.24, 2.45) is 0 Å². The quantitative estimate of drug-likeness (QED) is 0.591. The molecule has 0 saturated carbocycles. The van der Waals surface area contributed by atoms with Crippen LogP contribution in [0.15, 0.2) is 36.8 Å². The van der Waals surface area contributed by atoms with Crippen LogP contribution in [0, 0.1) is 0 Å². The van der Waals surface area contributed by atoms with Gasteiger partial charge >= 0.3 is 0 Å². The van der Waals surface area contributed by atoms with Gasteiger partial charge in [0.2, 0.25) is 5.91 Å². The van der Waals surface area contributed by atoms with Crippen molar-refractivity contribution in [3.05, 3.63) is 36.8 Å². The van der Waals surface area contributed by atoms with Gasteiger partial charge in [0.15, 0.2) is 5.82 Å². The van der Waals surface area contributed by atoms with Crippen molar-refractivity contribution in [2.75, 3.05) is 11.9 Å². The van der Waals surface area contributed by atoms with Crippen LogP contribution in [0.4, 0.5) is 14.6 Å². The van der Waals surface area contributed by atoms with Gasteiger partial charge in [-0.15, -0.1) is 0 Å². The highest BCUT2D eigenvalue weighted by Gasteiger charge is 2.32. The van der Waals surface area contributed by atoms with Crippen LogP contribution in [0.5, 0.6) is 0 Å². The molecule has 0 aliphatic heterocycles. The number of nitrogens with one attached hydrogen (secondary N) is 3. The number of anilines is 1. The summed E-state index contributed by atoms with van der Waals surface area (Å²) in [6, 6.07) is 5.36. The number of nitrogens with zero attached hydrogens (tertiary/aromatic N) is 3. The van der Waals surface area contributed by atoms with Gasteiger partial charge in [-0.1, -0.05) is 6.92 Å². The van der Waals surface area contributed by atoms with E-state index >= 15 is 0 Å². The van der Waals surface area contributed by atoms with E-state index in [2.05, 4.69) is 30.6 Å². The molecule has 1 atom stereocenters. The van der Waals surface area contributed by atoms with E-state index in [1.807, 2.05) is 12.1 Å². The third-order valence-corrected chi connectivity index (χ3v) is 4.38. The molecule has 3 aromatic rings. The maximum Gasteiger partial charge on any atom is 0.255 e. The second kappa shape index (κ2) is 7.65. The van der Waals surface area contributed by atoms with E-state index in [0.29, 0.717) is 18.1 Å². The molecule has 27 heavy (non-hydrogen) atoms. The van der Waals surface area contributed by atoms with Gasteiger partial charge in [-0.3, -0.25) is 4.79 Å². The van der Waals surface area contributed by atoms with Gasteiger partial charge in [-0.05, 0) is 31.5 Å². The van der Waals surface area contributed by atoms with Crippen molar-refractivity contribution in [3.63, 3.8) is 0 Å². The Hall–Kier alpha value is -3.10. The number of hydrogen-bond acceptors (Lipinski definition) is 5. The summed E-state index contributed by atoms with van der Waals surface area (Å²) in [6.45, 7) is 2.75. The predicted octanol–water partition coefficient (Wildman–Crippen LogP) is 2.98. The molecule has 3 N–H and O–H groups in total. The van der Waals surface area contributed by atoms with E-state index in [-0.39, 0.29) is 0 Å². The number of rotatable bonds is 7. The molecular weight excluding hydrogens is 354 g/mol. The van der Waals surface area contributed by atoms with Crippen LogP contribution in [0.25, 0.3) is 22.4 Å². The normalized spacial score (nSPS) is 13.5. The largest absolute Gasteiger partial charge is 0.356 e. The average Bonchev–Trinajstić information content (AvgIpc) is 3.10. The van der Waals surface area contributed by atoms with Crippen LogP contribution >= 0.6 is 0 Å². The van der Waals surface area contributed by atoms with Gasteiger partial charge < -0.3 is 15.6 Å². The molecule has 1 amide bonds. The molecule has 142 valence electrons. The summed E-state index contributed by atoms with van der Waals surface area (Å²) in [5.74, 6) is 0.377. The molecule has 0 aromatic carbocycles. The van der Waals surface area contributed by atoms with Gasteiger partial charge in [0, 0.05) is 29.5 Å². The molecule has 0 aliphatic carbocycles. The Labute approximate surface area is 154 Å². The number of carbonyl (C=O) groups excluding carboxylic acids is 1. The second-order valence-electron chi connectivity index (χ2n) is 6.28. The molecular formula is C18H20F2N6O. The monoisotopic (exact) mass is 374 g/mol. The number of H-pyrrole nitrogens is 1. The summed E-state index contributed by atoms with van der Waals surface area (Å²) >= 11 is 0. The van der Waals surface area contributed by atoms with Gasteiger partial charge in [0.05, 0.1) is 6.54 Å². The van der Waals surface area contributed by atoms with Gasteiger partial charge in [0.1, 0.15) is 17.0 Å². The summed E-state index contributed by atoms with van der Waals surface area (Å²) in [5, 5.41) is 6.17. The zero-order valence-electron chi connectivity index (χ0n) is 15.0. The first kappa shape index (κ1) is 18.7. The van der Waals surface area contributed by atoms with E-state index < -0.39 is 24.4 Å². The van der Waals surface area contributed by atoms with Crippen molar-refractivity contribution in [2.45, 2.75) is 32.2 Å². The highest BCUT2D eigenvalue weighted by Crippen LogP contribution is 2.26. The summed E-state index contributed by atoms with van der Waals surface area (Å²) < 4.78 is 24.8. The number of alkyl halides is 2. The molecule has 3 aromatic heterocycles. The fraction of sp³-hybridized carbons (Fsp3) is 0.333. The zero-order valence-corrected chi connectivity index (χ0v) is 15.0. The molecule has 0 fully saturated rings. The van der Waals surface area contributed by atoms with Crippen molar-refractivity contribution >= 4 is 22.8 Å². The van der Waals surface area contributed by atoms with Gasteiger partial charge in [0.25, 0.3) is 6.43 Å². The first-order valence-electron chi connectivity index (χ1n) is 8.53. The Morgan fingerprint density at radius 1 is 1.30 bits per heavy atom. The highest BCUT2D eigenvalue weighted by molar-refractivity contribution is 5.92. The molecule has 0 radical (unpaired) electrons. The first-order chi connectivity index (χ1) is 12.9. The summed E-state index contributed by atoms with van der Waals surface area (Å²) in [5.41, 5.74) is 0.420. The van der Waals surface area contributed by atoms with E-state index in [0.717, 1.165) is 16.6 Å². The average molecular weight is 374 g/mol. The molecule has 3 rings (SSSR count). The Balaban J connectivity index is 1.85. The molecule has 0 spiro atoms. The smallest absolute Gasteiger partial charge is 0.255 e. The van der Waals surface area contributed by atoms with Crippen LogP contribution < -0.4 is 10.6 Å². The van der Waals surface area contributed by atoms with Crippen molar-refractivity contribution in [1.82, 2.24) is 25.3 Å². The predicted molar refractivity (Wildman–Crippen MR) is 98.5 cm³/mol. The lowest BCUT2D eigenvalue weighted by atomic mass is 9.97. The topological polar surface area (TPSA) is 95.6 Å². The number of pyridine rings is 1. The minimum atomic E-state index is -2.60. The fourth-order valence-corrected chi connectivity index (χ4v) is 2.65. The van der Waals surface area contributed by atoms with Gasteiger partial charge in [-0.2, -0.15) is 0 Å². The lowest BCUT2D eigenvalue weighted by Crippen LogP contribution is -2.51. The number of amides is 1. The molecule has 0 unspecified atom stereocenters. The van der Waals surface area contributed by atoms with Crippen LogP contribution in [0.1, 0.15) is 20.3 Å². The second-order valence-corrected chi connectivity index (χ2v) is 6.28. The zero-order chi connectivity index (χ0) is 19.4. The van der Waals surface area contributed by atoms with Crippen LogP contribution in [-0.2, 0) is 4.79 Å². The van der Waals surface area contributed by atoms with E-state index in [4.69, 9.17) is 0 Å². The minimum Gasteiger partial charge on any atom is -0.356 e. The van der Waals surface area contributed by atoms with Crippen LogP contribution in [0.3, 0.4) is 0 Å². The van der Waals surface area contributed by atoms with E-state index in [1.165, 1.54) is 0 Å². The maximum absolute atomic E-state index is 12.4. The summed E-state index contributed by atoms with van der Waals surface area (Å²) in [6.07, 6.45) is 2.82. The van der Waals surface area contributed by atoms with E-state index in [9.17, 15) is 13.6 Å². The third kappa shape index (κ3) is 4.02. The molecule has 7 nitrogen and oxygen atoms in total.